The highest BCUT2D eigenvalue weighted by Gasteiger charge is 1.99. The summed E-state index contributed by atoms with van der Waals surface area (Å²) in [4.78, 5) is 3.79. The topological polar surface area (TPSA) is 12.9 Å². The van der Waals surface area contributed by atoms with Crippen LogP contribution in [0.3, 0.4) is 0 Å². The van der Waals surface area contributed by atoms with Gasteiger partial charge in [0, 0.05) is 5.56 Å². The van der Waals surface area contributed by atoms with Crippen molar-refractivity contribution >= 4 is 47.2 Å². The molecular formula is C6H5Cl4N. The van der Waals surface area contributed by atoms with Crippen molar-refractivity contribution in [1.29, 1.82) is 0 Å². The molecule has 0 atom stereocenters. The molecule has 1 aromatic heterocycles. The number of hydrogen-bond acceptors (Lipinski definition) is 1. The Bertz CT molecular complexity index is 238. The number of aromatic nitrogens is 1. The Morgan fingerprint density at radius 2 is 1.91 bits per heavy atom. The fourth-order valence-electron chi connectivity index (χ4n) is 0.541. The molecule has 0 unspecified atom stereocenters. The van der Waals surface area contributed by atoms with Gasteiger partial charge in [-0.2, -0.15) is 0 Å². The minimum Gasteiger partial charge on any atom is -0.224 e. The predicted octanol–water partition coefficient (Wildman–Crippen LogP) is 3.55. The van der Waals surface area contributed by atoms with Crippen LogP contribution in [-0.4, -0.2) is 4.98 Å². The Labute approximate surface area is 86.1 Å². The van der Waals surface area contributed by atoms with Gasteiger partial charge < -0.3 is 0 Å². The maximum atomic E-state index is 5.65. The van der Waals surface area contributed by atoms with Gasteiger partial charge in [0.05, 0.1) is 5.88 Å². The normalized spacial score (nSPS) is 9.00. The minimum atomic E-state index is 0. The van der Waals surface area contributed by atoms with E-state index < -0.39 is 0 Å². The number of alkyl halides is 1. The summed E-state index contributed by atoms with van der Waals surface area (Å²) in [6.07, 6.45) is 0. The molecule has 0 fully saturated rings. The summed E-state index contributed by atoms with van der Waals surface area (Å²) in [5, 5.41) is 0.765. The van der Waals surface area contributed by atoms with Gasteiger partial charge in [-0.05, 0) is 6.07 Å². The number of hydrogen-bond donors (Lipinski definition) is 0. The molecule has 1 rings (SSSR count). The van der Waals surface area contributed by atoms with Crippen molar-refractivity contribution < 1.29 is 0 Å². The SMILES string of the molecule is Cl.ClCc1ccc(Cl)nc1Cl. The molecule has 0 saturated carbocycles. The first kappa shape index (κ1) is 11.3. The van der Waals surface area contributed by atoms with Gasteiger partial charge in [-0.25, -0.2) is 4.98 Å². The summed E-state index contributed by atoms with van der Waals surface area (Å²) in [6.45, 7) is 0. The first-order valence-electron chi connectivity index (χ1n) is 2.61. The lowest BCUT2D eigenvalue weighted by Crippen LogP contribution is -1.83. The Hall–Kier alpha value is 0.310. The zero-order chi connectivity index (χ0) is 7.56. The average molecular weight is 233 g/mol. The summed E-state index contributed by atoms with van der Waals surface area (Å²) < 4.78 is 0. The molecule has 0 radical (unpaired) electrons. The van der Waals surface area contributed by atoms with Crippen molar-refractivity contribution in [3.05, 3.63) is 28.0 Å². The van der Waals surface area contributed by atoms with Gasteiger partial charge in [0.1, 0.15) is 10.3 Å². The third kappa shape index (κ3) is 3.04. The largest absolute Gasteiger partial charge is 0.224 e. The number of pyridine rings is 1. The Kier molecular flexibility index (Phi) is 5.19. The van der Waals surface area contributed by atoms with Crippen molar-refractivity contribution in [2.75, 3.05) is 0 Å². The van der Waals surface area contributed by atoms with E-state index in [4.69, 9.17) is 34.8 Å². The smallest absolute Gasteiger partial charge is 0.135 e. The van der Waals surface area contributed by atoms with E-state index in [2.05, 4.69) is 4.98 Å². The van der Waals surface area contributed by atoms with E-state index in [0.717, 1.165) is 5.56 Å². The van der Waals surface area contributed by atoms with Crippen LogP contribution < -0.4 is 0 Å². The first-order valence-corrected chi connectivity index (χ1v) is 3.90. The van der Waals surface area contributed by atoms with Crippen LogP contribution in [0.25, 0.3) is 0 Å². The summed E-state index contributed by atoms with van der Waals surface area (Å²) in [5.74, 6) is 0.364. The molecule has 11 heavy (non-hydrogen) atoms. The molecule has 0 N–H and O–H groups in total. The van der Waals surface area contributed by atoms with Crippen LogP contribution in [0, 0.1) is 0 Å². The Morgan fingerprint density at radius 1 is 1.27 bits per heavy atom. The van der Waals surface area contributed by atoms with Gasteiger partial charge in [-0.3, -0.25) is 0 Å². The van der Waals surface area contributed by atoms with E-state index >= 15 is 0 Å². The van der Waals surface area contributed by atoms with Crippen molar-refractivity contribution in [1.82, 2.24) is 4.98 Å². The molecule has 5 heteroatoms. The van der Waals surface area contributed by atoms with Gasteiger partial charge >= 0.3 is 0 Å². The molecule has 0 aliphatic carbocycles. The average Bonchev–Trinajstić information content (AvgIpc) is 1.88. The number of nitrogens with zero attached hydrogens (tertiary/aromatic N) is 1. The Morgan fingerprint density at radius 3 is 2.36 bits per heavy atom. The lowest BCUT2D eigenvalue weighted by atomic mass is 10.3. The van der Waals surface area contributed by atoms with Gasteiger partial charge in [-0.15, -0.1) is 24.0 Å². The summed E-state index contributed by atoms with van der Waals surface area (Å²) in [5.41, 5.74) is 0.799. The van der Waals surface area contributed by atoms with Gasteiger partial charge in [-0.1, -0.05) is 29.3 Å². The fourth-order valence-corrected chi connectivity index (χ4v) is 1.24. The minimum absolute atomic E-state index is 0. The van der Waals surface area contributed by atoms with Crippen LogP contribution in [0.5, 0.6) is 0 Å². The molecule has 0 aromatic carbocycles. The number of rotatable bonds is 1. The molecule has 1 aromatic rings. The quantitative estimate of drug-likeness (QED) is 0.533. The van der Waals surface area contributed by atoms with Crippen molar-refractivity contribution in [3.63, 3.8) is 0 Å². The molecular weight excluding hydrogens is 228 g/mol. The maximum absolute atomic E-state index is 5.65. The van der Waals surface area contributed by atoms with Crippen LogP contribution in [0.15, 0.2) is 12.1 Å². The summed E-state index contributed by atoms with van der Waals surface area (Å²) in [6, 6.07) is 3.41. The highest BCUT2D eigenvalue weighted by atomic mass is 35.5. The second-order valence-corrected chi connectivity index (χ2v) is 2.73. The molecule has 1 heterocycles. The molecule has 0 spiro atoms. The zero-order valence-electron chi connectivity index (χ0n) is 5.35. The van der Waals surface area contributed by atoms with Crippen molar-refractivity contribution in [3.8, 4) is 0 Å². The highest BCUT2D eigenvalue weighted by Crippen LogP contribution is 2.17. The second kappa shape index (κ2) is 5.04. The van der Waals surface area contributed by atoms with Crippen LogP contribution in [-0.2, 0) is 5.88 Å². The lowest BCUT2D eigenvalue weighted by molar-refractivity contribution is 1.25. The van der Waals surface area contributed by atoms with Crippen LogP contribution in [0.1, 0.15) is 5.56 Å². The standard InChI is InChI=1S/C6H4Cl3N.ClH/c7-3-4-1-2-5(8)10-6(4)9;/h1-2H,3H2;1H. The van der Waals surface area contributed by atoms with E-state index in [1.54, 1.807) is 12.1 Å². The summed E-state index contributed by atoms with van der Waals surface area (Å²) >= 11 is 16.7. The van der Waals surface area contributed by atoms with E-state index in [0.29, 0.717) is 16.2 Å². The lowest BCUT2D eigenvalue weighted by Gasteiger charge is -1.96. The van der Waals surface area contributed by atoms with E-state index in [-0.39, 0.29) is 12.4 Å². The molecule has 1 nitrogen and oxygen atoms in total. The third-order valence-electron chi connectivity index (χ3n) is 1.04. The fraction of sp³-hybridized carbons (Fsp3) is 0.167. The first-order chi connectivity index (χ1) is 4.74. The van der Waals surface area contributed by atoms with Crippen LogP contribution in [0.4, 0.5) is 0 Å². The molecule has 62 valence electrons. The van der Waals surface area contributed by atoms with Crippen molar-refractivity contribution in [2.24, 2.45) is 0 Å². The molecule has 0 bridgehead atoms. The van der Waals surface area contributed by atoms with E-state index in [1.807, 2.05) is 0 Å². The van der Waals surface area contributed by atoms with Crippen molar-refractivity contribution in [2.45, 2.75) is 5.88 Å². The second-order valence-electron chi connectivity index (χ2n) is 1.72. The van der Waals surface area contributed by atoms with E-state index in [1.165, 1.54) is 0 Å². The zero-order valence-corrected chi connectivity index (χ0v) is 8.44. The van der Waals surface area contributed by atoms with Gasteiger partial charge in [0.15, 0.2) is 0 Å². The predicted molar refractivity (Wildman–Crippen MR) is 51.1 cm³/mol. The maximum Gasteiger partial charge on any atom is 0.135 e. The summed E-state index contributed by atoms with van der Waals surface area (Å²) in [7, 11) is 0. The highest BCUT2D eigenvalue weighted by molar-refractivity contribution is 6.33. The van der Waals surface area contributed by atoms with Gasteiger partial charge in [0.25, 0.3) is 0 Å². The van der Waals surface area contributed by atoms with Crippen LogP contribution in [0.2, 0.25) is 10.3 Å². The molecule has 0 aliphatic heterocycles. The molecule has 0 amide bonds. The van der Waals surface area contributed by atoms with Crippen LogP contribution >= 0.6 is 47.2 Å². The third-order valence-corrected chi connectivity index (χ3v) is 1.86. The molecule has 0 aliphatic rings. The number of halogens is 4. The monoisotopic (exact) mass is 231 g/mol. The van der Waals surface area contributed by atoms with E-state index in [9.17, 15) is 0 Å². The molecule has 0 saturated heterocycles. The van der Waals surface area contributed by atoms with Gasteiger partial charge in [0.2, 0.25) is 0 Å². The Balaban J connectivity index is 0.000001000.